The lowest BCUT2D eigenvalue weighted by molar-refractivity contribution is 0.0694. The van der Waals surface area contributed by atoms with Crippen LogP contribution in [0.15, 0.2) is 41.2 Å². The van der Waals surface area contributed by atoms with Gasteiger partial charge in [-0.05, 0) is 6.07 Å². The van der Waals surface area contributed by atoms with E-state index >= 15 is 0 Å². The van der Waals surface area contributed by atoms with Gasteiger partial charge in [0.1, 0.15) is 11.7 Å². The largest absolute Gasteiger partial charge is 0.478 e. The highest BCUT2D eigenvalue weighted by Crippen LogP contribution is 2.32. The predicted octanol–water partition coefficient (Wildman–Crippen LogP) is 0.494. The second kappa shape index (κ2) is 4.23. The lowest BCUT2D eigenvalue weighted by Gasteiger charge is -2.29. The van der Waals surface area contributed by atoms with Crippen LogP contribution < -0.4 is 16.8 Å². The summed E-state index contributed by atoms with van der Waals surface area (Å²) in [7, 11) is 0. The molecular formula is C11H11ClN4O2. The van der Waals surface area contributed by atoms with Gasteiger partial charge in [0.2, 0.25) is 5.12 Å². The highest BCUT2D eigenvalue weighted by atomic mass is 35.5. The number of carbonyl (C=O) groups is 1. The zero-order valence-corrected chi connectivity index (χ0v) is 9.98. The predicted molar refractivity (Wildman–Crippen MR) is 68.0 cm³/mol. The summed E-state index contributed by atoms with van der Waals surface area (Å²) in [6.45, 7) is 0. The maximum atomic E-state index is 11.2. The Kier molecular flexibility index (Phi) is 2.88. The van der Waals surface area contributed by atoms with Gasteiger partial charge >= 0.3 is 5.97 Å². The number of aromatic carboxylic acids is 1. The number of nitrogens with one attached hydrogen (secondary N) is 1. The zero-order chi connectivity index (χ0) is 13.3. The fourth-order valence-corrected chi connectivity index (χ4v) is 2.08. The quantitative estimate of drug-likeness (QED) is 0.460. The molecule has 1 aromatic rings. The van der Waals surface area contributed by atoms with Crippen molar-refractivity contribution in [2.75, 3.05) is 0 Å². The summed E-state index contributed by atoms with van der Waals surface area (Å²) in [5.74, 6) is -0.756. The van der Waals surface area contributed by atoms with Gasteiger partial charge in [-0.25, -0.2) is 9.79 Å². The molecule has 0 saturated heterocycles. The maximum absolute atomic E-state index is 11.2. The molecule has 18 heavy (non-hydrogen) atoms. The number of amidine groups is 1. The molecule has 0 aromatic heterocycles. The van der Waals surface area contributed by atoms with Crippen LogP contribution in [-0.4, -0.2) is 16.9 Å². The number of hydrogen-bond acceptors (Lipinski definition) is 5. The Morgan fingerprint density at radius 3 is 2.67 bits per heavy atom. The van der Waals surface area contributed by atoms with E-state index < -0.39 is 11.1 Å². The molecule has 0 saturated carbocycles. The number of benzene rings is 1. The summed E-state index contributed by atoms with van der Waals surface area (Å²) in [5.41, 5.74) is 11.5. The van der Waals surface area contributed by atoms with Gasteiger partial charge in [0.15, 0.2) is 0 Å². The fourth-order valence-electron chi connectivity index (χ4n) is 1.71. The minimum Gasteiger partial charge on any atom is -0.478 e. The molecule has 1 aliphatic rings. The first-order chi connectivity index (χ1) is 8.42. The van der Waals surface area contributed by atoms with Gasteiger partial charge in [0, 0.05) is 11.6 Å². The standard InChI is InChI=1S/C11H11ClN4O2/c12-11(15-8(13)5-9(14)16-11)7-4-2-1-3-6(7)10(17)18/h1-5,15H,13H2,(H2,14,16)(H,17,18). The molecular weight excluding hydrogens is 256 g/mol. The smallest absolute Gasteiger partial charge is 0.336 e. The van der Waals surface area contributed by atoms with E-state index in [9.17, 15) is 4.79 Å². The Hall–Kier alpha value is -2.21. The number of halogens is 1. The van der Waals surface area contributed by atoms with Gasteiger partial charge < -0.3 is 21.9 Å². The Bertz CT molecular complexity index is 570. The first kappa shape index (κ1) is 12.3. The average molecular weight is 267 g/mol. The molecule has 0 radical (unpaired) electrons. The molecule has 1 atom stereocenters. The van der Waals surface area contributed by atoms with E-state index in [2.05, 4.69) is 10.3 Å². The highest BCUT2D eigenvalue weighted by Gasteiger charge is 2.35. The molecule has 94 valence electrons. The van der Waals surface area contributed by atoms with Crippen LogP contribution in [0.2, 0.25) is 0 Å². The van der Waals surface area contributed by atoms with E-state index in [1.807, 2.05) is 0 Å². The normalized spacial score (nSPS) is 22.7. The molecule has 6 nitrogen and oxygen atoms in total. The van der Waals surface area contributed by atoms with Gasteiger partial charge in [-0.15, -0.1) is 0 Å². The molecule has 6 N–H and O–H groups in total. The molecule has 1 unspecified atom stereocenters. The minimum absolute atomic E-state index is 0.0336. The van der Waals surface area contributed by atoms with Gasteiger partial charge in [-0.3, -0.25) is 0 Å². The van der Waals surface area contributed by atoms with Crippen molar-refractivity contribution in [1.82, 2.24) is 5.32 Å². The Labute approximate surface area is 108 Å². The summed E-state index contributed by atoms with van der Waals surface area (Å²) in [5, 5.41) is 10.3. The van der Waals surface area contributed by atoms with Gasteiger partial charge in [-0.2, -0.15) is 0 Å². The lowest BCUT2D eigenvalue weighted by atomic mass is 10.0. The number of carboxylic acid groups (broad SMARTS) is 1. The number of aliphatic imine (C=N–C) groups is 1. The van der Waals surface area contributed by atoms with E-state index in [-0.39, 0.29) is 22.8 Å². The SMILES string of the molecule is NC1=CC(N)=NC(Cl)(c2ccccc2C(=O)O)N1. The van der Waals surface area contributed by atoms with Crippen molar-refractivity contribution < 1.29 is 9.90 Å². The molecule has 1 heterocycles. The molecule has 0 aliphatic carbocycles. The fraction of sp³-hybridized carbons (Fsp3) is 0.0909. The number of rotatable bonds is 2. The summed E-state index contributed by atoms with van der Waals surface area (Å²) in [6, 6.07) is 6.25. The van der Waals surface area contributed by atoms with Crippen LogP contribution in [0.4, 0.5) is 0 Å². The van der Waals surface area contributed by atoms with Crippen molar-refractivity contribution in [2.24, 2.45) is 16.5 Å². The van der Waals surface area contributed by atoms with E-state index in [1.54, 1.807) is 18.2 Å². The van der Waals surface area contributed by atoms with Crippen LogP contribution in [0.1, 0.15) is 15.9 Å². The number of nitrogens with two attached hydrogens (primary N) is 2. The van der Waals surface area contributed by atoms with E-state index in [4.69, 9.17) is 28.2 Å². The number of carboxylic acids is 1. The molecule has 1 aromatic carbocycles. The third kappa shape index (κ3) is 2.10. The zero-order valence-electron chi connectivity index (χ0n) is 9.22. The third-order valence-electron chi connectivity index (χ3n) is 2.41. The van der Waals surface area contributed by atoms with Crippen LogP contribution in [0.3, 0.4) is 0 Å². The van der Waals surface area contributed by atoms with Crippen molar-refractivity contribution in [2.45, 2.75) is 5.12 Å². The first-order valence-electron chi connectivity index (χ1n) is 5.05. The number of alkyl halides is 1. The monoisotopic (exact) mass is 266 g/mol. The molecule has 0 spiro atoms. The van der Waals surface area contributed by atoms with Crippen LogP contribution in [0.25, 0.3) is 0 Å². The molecule has 0 fully saturated rings. The molecule has 0 bridgehead atoms. The van der Waals surface area contributed by atoms with Crippen LogP contribution >= 0.6 is 11.6 Å². The molecule has 2 rings (SSSR count). The number of nitrogens with zero attached hydrogens (tertiary/aromatic N) is 1. The summed E-state index contributed by atoms with van der Waals surface area (Å²) in [6.07, 6.45) is 1.41. The van der Waals surface area contributed by atoms with E-state index in [0.717, 1.165) is 0 Å². The molecule has 7 heteroatoms. The van der Waals surface area contributed by atoms with Crippen molar-refractivity contribution in [1.29, 1.82) is 0 Å². The minimum atomic E-state index is -1.50. The Morgan fingerprint density at radius 2 is 2.06 bits per heavy atom. The van der Waals surface area contributed by atoms with E-state index in [1.165, 1.54) is 12.1 Å². The second-order valence-electron chi connectivity index (χ2n) is 3.73. The van der Waals surface area contributed by atoms with Crippen molar-refractivity contribution in [3.05, 3.63) is 47.3 Å². The molecule has 1 aliphatic heterocycles. The Balaban J connectivity index is 2.56. The third-order valence-corrected chi connectivity index (χ3v) is 2.79. The van der Waals surface area contributed by atoms with Crippen LogP contribution in [0.5, 0.6) is 0 Å². The van der Waals surface area contributed by atoms with Crippen LogP contribution in [-0.2, 0) is 5.12 Å². The average Bonchev–Trinajstić information content (AvgIpc) is 2.27. The van der Waals surface area contributed by atoms with Gasteiger partial charge in [-0.1, -0.05) is 29.8 Å². The maximum Gasteiger partial charge on any atom is 0.336 e. The Morgan fingerprint density at radius 1 is 1.39 bits per heavy atom. The first-order valence-corrected chi connectivity index (χ1v) is 5.42. The topological polar surface area (TPSA) is 114 Å². The summed E-state index contributed by atoms with van der Waals surface area (Å²) in [4.78, 5) is 15.2. The van der Waals surface area contributed by atoms with Gasteiger partial charge in [0.05, 0.1) is 5.56 Å². The van der Waals surface area contributed by atoms with Crippen molar-refractivity contribution in [3.8, 4) is 0 Å². The molecule has 0 amide bonds. The summed E-state index contributed by atoms with van der Waals surface area (Å²) >= 11 is 6.28. The van der Waals surface area contributed by atoms with Crippen molar-refractivity contribution >= 4 is 23.4 Å². The summed E-state index contributed by atoms with van der Waals surface area (Å²) < 4.78 is 0. The highest BCUT2D eigenvalue weighted by molar-refractivity contribution is 6.25. The van der Waals surface area contributed by atoms with E-state index in [0.29, 0.717) is 0 Å². The second-order valence-corrected chi connectivity index (χ2v) is 4.28. The lowest BCUT2D eigenvalue weighted by Crippen LogP contribution is -2.43. The van der Waals surface area contributed by atoms with Crippen LogP contribution in [0, 0.1) is 0 Å². The van der Waals surface area contributed by atoms with Gasteiger partial charge in [0.25, 0.3) is 0 Å². The number of hydrogen-bond donors (Lipinski definition) is 4. The van der Waals surface area contributed by atoms with Crippen molar-refractivity contribution in [3.63, 3.8) is 0 Å².